The van der Waals surface area contributed by atoms with E-state index < -0.39 is 0 Å². The van der Waals surface area contributed by atoms with Gasteiger partial charge in [0.2, 0.25) is 0 Å². The highest BCUT2D eigenvalue weighted by Gasteiger charge is 2.28. The van der Waals surface area contributed by atoms with Gasteiger partial charge in [-0.05, 0) is 13.0 Å². The molecule has 0 radical (unpaired) electrons. The summed E-state index contributed by atoms with van der Waals surface area (Å²) in [5.41, 5.74) is 1.20. The van der Waals surface area contributed by atoms with Crippen LogP contribution in [0.3, 0.4) is 0 Å². The van der Waals surface area contributed by atoms with E-state index in [1.807, 2.05) is 25.1 Å². The topological polar surface area (TPSA) is 41.5 Å². The smallest absolute Gasteiger partial charge is 0.124 e. The van der Waals surface area contributed by atoms with Crippen LogP contribution in [-0.4, -0.2) is 24.4 Å². The highest BCUT2D eigenvalue weighted by molar-refractivity contribution is 5.37. The Bertz CT molecular complexity index is 354. The molecule has 2 N–H and O–H groups in total. The van der Waals surface area contributed by atoms with Crippen molar-refractivity contribution in [2.45, 2.75) is 25.9 Å². The van der Waals surface area contributed by atoms with Crippen molar-refractivity contribution in [3.63, 3.8) is 0 Å². The fourth-order valence-corrected chi connectivity index (χ4v) is 2.11. The number of ether oxygens (including phenoxy) is 1. The third kappa shape index (κ3) is 2.20. The second kappa shape index (κ2) is 4.85. The second-order valence-corrected chi connectivity index (χ2v) is 4.55. The third-order valence-electron chi connectivity index (χ3n) is 3.06. The molecule has 0 fully saturated rings. The standard InChI is InChI=1S/C13H19NO2/c1-9-8-16-12-6-4-3-5-11(12)13(9)14-10(2)7-15/h3-6,9-10,13-15H,7-8H2,1-2H3. The Hall–Kier alpha value is -1.06. The fourth-order valence-electron chi connectivity index (χ4n) is 2.11. The largest absolute Gasteiger partial charge is 0.493 e. The van der Waals surface area contributed by atoms with E-state index in [2.05, 4.69) is 18.3 Å². The summed E-state index contributed by atoms with van der Waals surface area (Å²) in [7, 11) is 0. The maximum absolute atomic E-state index is 9.11. The summed E-state index contributed by atoms with van der Waals surface area (Å²) in [6, 6.07) is 8.48. The van der Waals surface area contributed by atoms with Crippen LogP contribution in [0.1, 0.15) is 25.5 Å². The molecule has 3 unspecified atom stereocenters. The van der Waals surface area contributed by atoms with Crippen molar-refractivity contribution in [1.82, 2.24) is 5.32 Å². The molecule has 3 heteroatoms. The fraction of sp³-hybridized carbons (Fsp3) is 0.538. The zero-order valence-electron chi connectivity index (χ0n) is 9.81. The predicted octanol–water partition coefficient (Wildman–Crippen LogP) is 1.73. The van der Waals surface area contributed by atoms with Gasteiger partial charge in [0.25, 0.3) is 0 Å². The summed E-state index contributed by atoms with van der Waals surface area (Å²) < 4.78 is 5.68. The Kier molecular flexibility index (Phi) is 3.46. The summed E-state index contributed by atoms with van der Waals surface area (Å²) in [5, 5.41) is 12.6. The van der Waals surface area contributed by atoms with Crippen molar-refractivity contribution in [2.75, 3.05) is 13.2 Å². The lowest BCUT2D eigenvalue weighted by Gasteiger charge is -2.33. The lowest BCUT2D eigenvalue weighted by atomic mass is 9.91. The number of para-hydroxylation sites is 1. The van der Waals surface area contributed by atoms with Gasteiger partial charge in [0.05, 0.1) is 13.2 Å². The van der Waals surface area contributed by atoms with Crippen molar-refractivity contribution >= 4 is 0 Å². The Morgan fingerprint density at radius 2 is 2.25 bits per heavy atom. The quantitative estimate of drug-likeness (QED) is 0.816. The molecule has 0 amide bonds. The molecule has 1 aliphatic heterocycles. The molecule has 0 aromatic heterocycles. The zero-order valence-corrected chi connectivity index (χ0v) is 9.81. The average Bonchev–Trinajstić information content (AvgIpc) is 2.32. The van der Waals surface area contributed by atoms with Gasteiger partial charge in [0.1, 0.15) is 5.75 Å². The van der Waals surface area contributed by atoms with Crippen molar-refractivity contribution in [3.05, 3.63) is 29.8 Å². The molecule has 1 aliphatic rings. The number of aliphatic hydroxyl groups excluding tert-OH is 1. The number of rotatable bonds is 3. The number of nitrogens with one attached hydrogen (secondary N) is 1. The summed E-state index contributed by atoms with van der Waals surface area (Å²) >= 11 is 0. The molecule has 1 aromatic carbocycles. The number of hydrogen-bond acceptors (Lipinski definition) is 3. The molecular weight excluding hydrogens is 202 g/mol. The Morgan fingerprint density at radius 3 is 3.00 bits per heavy atom. The first-order chi connectivity index (χ1) is 7.72. The van der Waals surface area contributed by atoms with Crippen LogP contribution in [0.25, 0.3) is 0 Å². The van der Waals surface area contributed by atoms with E-state index in [1.165, 1.54) is 5.56 Å². The van der Waals surface area contributed by atoms with Crippen LogP contribution >= 0.6 is 0 Å². The summed E-state index contributed by atoms with van der Waals surface area (Å²) in [4.78, 5) is 0. The maximum Gasteiger partial charge on any atom is 0.124 e. The van der Waals surface area contributed by atoms with E-state index in [4.69, 9.17) is 9.84 Å². The van der Waals surface area contributed by atoms with Gasteiger partial charge in [0, 0.05) is 23.6 Å². The van der Waals surface area contributed by atoms with Crippen LogP contribution in [0, 0.1) is 5.92 Å². The molecule has 88 valence electrons. The maximum atomic E-state index is 9.11. The van der Waals surface area contributed by atoms with E-state index in [0.717, 1.165) is 12.4 Å². The highest BCUT2D eigenvalue weighted by Crippen LogP contribution is 2.35. The van der Waals surface area contributed by atoms with Gasteiger partial charge in [-0.3, -0.25) is 0 Å². The van der Waals surface area contributed by atoms with Crippen LogP contribution in [0.2, 0.25) is 0 Å². The molecule has 0 aliphatic carbocycles. The zero-order chi connectivity index (χ0) is 11.5. The second-order valence-electron chi connectivity index (χ2n) is 4.55. The van der Waals surface area contributed by atoms with Gasteiger partial charge < -0.3 is 15.2 Å². The van der Waals surface area contributed by atoms with E-state index in [-0.39, 0.29) is 18.7 Å². The molecule has 2 rings (SSSR count). The minimum Gasteiger partial charge on any atom is -0.493 e. The number of hydrogen-bond donors (Lipinski definition) is 2. The summed E-state index contributed by atoms with van der Waals surface area (Å²) in [6.07, 6.45) is 0. The minimum absolute atomic E-state index is 0.110. The van der Waals surface area contributed by atoms with Crippen LogP contribution in [0.5, 0.6) is 5.75 Å². The monoisotopic (exact) mass is 221 g/mol. The van der Waals surface area contributed by atoms with Crippen LogP contribution in [-0.2, 0) is 0 Å². The van der Waals surface area contributed by atoms with Crippen molar-refractivity contribution in [1.29, 1.82) is 0 Å². The number of benzene rings is 1. The molecule has 3 nitrogen and oxygen atoms in total. The first-order valence-corrected chi connectivity index (χ1v) is 5.81. The third-order valence-corrected chi connectivity index (χ3v) is 3.06. The molecule has 1 heterocycles. The first kappa shape index (κ1) is 11.4. The Balaban J connectivity index is 2.22. The van der Waals surface area contributed by atoms with Gasteiger partial charge >= 0.3 is 0 Å². The van der Waals surface area contributed by atoms with E-state index >= 15 is 0 Å². The summed E-state index contributed by atoms with van der Waals surface area (Å²) in [6.45, 7) is 5.04. The molecular formula is C13H19NO2. The first-order valence-electron chi connectivity index (χ1n) is 5.81. The van der Waals surface area contributed by atoms with E-state index in [1.54, 1.807) is 0 Å². The van der Waals surface area contributed by atoms with Crippen LogP contribution in [0.15, 0.2) is 24.3 Å². The van der Waals surface area contributed by atoms with E-state index in [9.17, 15) is 0 Å². The molecule has 3 atom stereocenters. The average molecular weight is 221 g/mol. The van der Waals surface area contributed by atoms with Gasteiger partial charge in [-0.1, -0.05) is 25.1 Å². The van der Waals surface area contributed by atoms with Crippen LogP contribution in [0.4, 0.5) is 0 Å². The predicted molar refractivity (Wildman–Crippen MR) is 63.5 cm³/mol. The summed E-state index contributed by atoms with van der Waals surface area (Å²) in [5.74, 6) is 1.38. The normalized spacial score (nSPS) is 25.7. The van der Waals surface area contributed by atoms with Gasteiger partial charge in [-0.15, -0.1) is 0 Å². The van der Waals surface area contributed by atoms with Crippen LogP contribution < -0.4 is 10.1 Å². The molecule has 0 saturated heterocycles. The Morgan fingerprint density at radius 1 is 1.50 bits per heavy atom. The lowest BCUT2D eigenvalue weighted by Crippen LogP contribution is -2.40. The number of fused-ring (bicyclic) bond motifs is 1. The molecule has 16 heavy (non-hydrogen) atoms. The molecule has 0 bridgehead atoms. The van der Waals surface area contributed by atoms with Gasteiger partial charge in [-0.25, -0.2) is 0 Å². The lowest BCUT2D eigenvalue weighted by molar-refractivity contribution is 0.165. The molecule has 1 aromatic rings. The minimum atomic E-state index is 0.110. The Labute approximate surface area is 96.4 Å². The number of aliphatic hydroxyl groups is 1. The SMILES string of the molecule is CC(CO)NC1c2ccccc2OCC1C. The van der Waals surface area contributed by atoms with Crippen molar-refractivity contribution < 1.29 is 9.84 Å². The van der Waals surface area contributed by atoms with Crippen molar-refractivity contribution in [2.24, 2.45) is 5.92 Å². The molecule has 0 spiro atoms. The van der Waals surface area contributed by atoms with Crippen molar-refractivity contribution in [3.8, 4) is 5.75 Å². The van der Waals surface area contributed by atoms with Gasteiger partial charge in [-0.2, -0.15) is 0 Å². The highest BCUT2D eigenvalue weighted by atomic mass is 16.5. The van der Waals surface area contributed by atoms with E-state index in [0.29, 0.717) is 5.92 Å². The van der Waals surface area contributed by atoms with Gasteiger partial charge in [0.15, 0.2) is 0 Å². The molecule has 0 saturated carbocycles.